The van der Waals surface area contributed by atoms with Gasteiger partial charge in [0.25, 0.3) is 0 Å². The van der Waals surface area contributed by atoms with E-state index in [-0.39, 0.29) is 18.5 Å². The number of hydrogen-bond donors (Lipinski definition) is 2. The van der Waals surface area contributed by atoms with Crippen molar-refractivity contribution in [1.82, 2.24) is 19.7 Å². The number of rotatable bonds is 3. The van der Waals surface area contributed by atoms with Crippen LogP contribution < -0.4 is 5.32 Å². The fourth-order valence-electron chi connectivity index (χ4n) is 2.48. The maximum atomic E-state index is 12.1. The molecular weight excluding hydrogens is 262 g/mol. The van der Waals surface area contributed by atoms with Crippen LogP contribution in [0.15, 0.2) is 6.33 Å². The third-order valence-electron chi connectivity index (χ3n) is 4.05. The molecule has 2 rings (SSSR count). The monoisotopic (exact) mass is 281 g/mol. The number of aryl methyl sites for hydroxylation is 1. The fourth-order valence-corrected chi connectivity index (χ4v) is 2.48. The summed E-state index contributed by atoms with van der Waals surface area (Å²) in [6.07, 6.45) is 1.81. The first-order valence-electron chi connectivity index (χ1n) is 6.50. The lowest BCUT2D eigenvalue weighted by molar-refractivity contribution is -0.150. The standard InChI is InChI=1S/C12H19N5O3/c1-8(2)12(9(18)19)4-5-17(6-12)11(20)15-10-13-7-14-16(10)3/h7-8H,4-6H2,1-3H3,(H,18,19)(H,13,14,15,20). The first-order chi connectivity index (χ1) is 9.36. The summed E-state index contributed by atoms with van der Waals surface area (Å²) in [5.74, 6) is -0.540. The zero-order chi connectivity index (χ0) is 14.9. The Morgan fingerprint density at radius 2 is 2.20 bits per heavy atom. The van der Waals surface area contributed by atoms with Gasteiger partial charge < -0.3 is 10.0 Å². The van der Waals surface area contributed by atoms with Gasteiger partial charge >= 0.3 is 12.0 Å². The van der Waals surface area contributed by atoms with Crippen molar-refractivity contribution in [3.8, 4) is 0 Å². The molecule has 1 unspecified atom stereocenters. The van der Waals surface area contributed by atoms with Crippen LogP contribution in [0.25, 0.3) is 0 Å². The zero-order valence-corrected chi connectivity index (χ0v) is 11.8. The van der Waals surface area contributed by atoms with Gasteiger partial charge in [-0.1, -0.05) is 13.8 Å². The van der Waals surface area contributed by atoms with Gasteiger partial charge in [-0.05, 0) is 12.3 Å². The molecule has 1 fully saturated rings. The number of carboxylic acids is 1. The number of carbonyl (C=O) groups is 2. The molecule has 2 heterocycles. The summed E-state index contributed by atoms with van der Waals surface area (Å²) >= 11 is 0. The van der Waals surface area contributed by atoms with Gasteiger partial charge in [0.05, 0.1) is 5.41 Å². The second-order valence-electron chi connectivity index (χ2n) is 5.42. The first-order valence-corrected chi connectivity index (χ1v) is 6.50. The third kappa shape index (κ3) is 2.33. The van der Waals surface area contributed by atoms with Gasteiger partial charge in [-0.25, -0.2) is 9.48 Å². The number of aromatic nitrogens is 3. The zero-order valence-electron chi connectivity index (χ0n) is 11.8. The Balaban J connectivity index is 2.07. The summed E-state index contributed by atoms with van der Waals surface area (Å²) < 4.78 is 1.45. The predicted molar refractivity (Wildman–Crippen MR) is 71.1 cm³/mol. The predicted octanol–water partition coefficient (Wildman–Crippen LogP) is 0.780. The van der Waals surface area contributed by atoms with Crippen LogP contribution in [-0.2, 0) is 11.8 Å². The summed E-state index contributed by atoms with van der Waals surface area (Å²) in [4.78, 5) is 29.1. The van der Waals surface area contributed by atoms with Gasteiger partial charge in [-0.3, -0.25) is 10.1 Å². The molecule has 0 aliphatic carbocycles. The van der Waals surface area contributed by atoms with Crippen molar-refractivity contribution in [1.29, 1.82) is 0 Å². The minimum Gasteiger partial charge on any atom is -0.481 e. The fraction of sp³-hybridized carbons (Fsp3) is 0.667. The van der Waals surface area contributed by atoms with Crippen LogP contribution in [0.4, 0.5) is 10.7 Å². The number of hydrogen-bond acceptors (Lipinski definition) is 4. The summed E-state index contributed by atoms with van der Waals surface area (Å²) in [7, 11) is 1.67. The highest BCUT2D eigenvalue weighted by atomic mass is 16.4. The van der Waals surface area contributed by atoms with Crippen molar-refractivity contribution < 1.29 is 14.7 Å². The molecule has 0 spiro atoms. The highest BCUT2D eigenvalue weighted by Crippen LogP contribution is 2.38. The van der Waals surface area contributed by atoms with Gasteiger partial charge in [-0.15, -0.1) is 0 Å². The van der Waals surface area contributed by atoms with Crippen LogP contribution in [0.1, 0.15) is 20.3 Å². The maximum Gasteiger partial charge on any atom is 0.324 e. The number of carboxylic acid groups (broad SMARTS) is 1. The minimum absolute atomic E-state index is 0.0346. The largest absolute Gasteiger partial charge is 0.481 e. The molecule has 1 aromatic heterocycles. The van der Waals surface area contributed by atoms with Crippen LogP contribution in [0.5, 0.6) is 0 Å². The number of urea groups is 1. The van der Waals surface area contributed by atoms with Gasteiger partial charge in [0.2, 0.25) is 5.95 Å². The summed E-state index contributed by atoms with van der Waals surface area (Å²) in [6.45, 7) is 4.38. The highest BCUT2D eigenvalue weighted by molar-refractivity contribution is 5.88. The maximum absolute atomic E-state index is 12.1. The normalized spacial score (nSPS) is 22.3. The third-order valence-corrected chi connectivity index (χ3v) is 4.05. The number of nitrogens with zero attached hydrogens (tertiary/aromatic N) is 4. The highest BCUT2D eigenvalue weighted by Gasteiger charge is 2.48. The van der Waals surface area contributed by atoms with Gasteiger partial charge in [0, 0.05) is 20.1 Å². The van der Waals surface area contributed by atoms with Crippen molar-refractivity contribution in [2.75, 3.05) is 18.4 Å². The van der Waals surface area contributed by atoms with E-state index in [1.54, 1.807) is 7.05 Å². The van der Waals surface area contributed by atoms with Crippen LogP contribution >= 0.6 is 0 Å². The number of amides is 2. The van der Waals surface area contributed by atoms with Crippen molar-refractivity contribution in [2.24, 2.45) is 18.4 Å². The molecule has 8 heteroatoms. The van der Waals surface area contributed by atoms with Crippen molar-refractivity contribution in [3.05, 3.63) is 6.33 Å². The molecular formula is C12H19N5O3. The number of anilines is 1. The second-order valence-corrected chi connectivity index (χ2v) is 5.42. The molecule has 0 aromatic carbocycles. The number of nitrogens with one attached hydrogen (secondary N) is 1. The average molecular weight is 281 g/mol. The van der Waals surface area contributed by atoms with E-state index in [9.17, 15) is 14.7 Å². The van der Waals surface area contributed by atoms with E-state index in [1.807, 2.05) is 13.8 Å². The lowest BCUT2D eigenvalue weighted by Gasteiger charge is -2.28. The van der Waals surface area contributed by atoms with E-state index < -0.39 is 11.4 Å². The Bertz CT molecular complexity index is 527. The molecule has 1 atom stereocenters. The lowest BCUT2D eigenvalue weighted by atomic mass is 9.76. The molecule has 2 amide bonds. The molecule has 0 radical (unpaired) electrons. The van der Waals surface area contributed by atoms with Crippen LogP contribution in [0.2, 0.25) is 0 Å². The van der Waals surface area contributed by atoms with Crippen molar-refractivity contribution in [3.63, 3.8) is 0 Å². The lowest BCUT2D eigenvalue weighted by Crippen LogP contribution is -2.42. The smallest absolute Gasteiger partial charge is 0.324 e. The molecule has 1 aromatic rings. The van der Waals surface area contributed by atoms with E-state index in [2.05, 4.69) is 15.4 Å². The average Bonchev–Trinajstić information content (AvgIpc) is 2.97. The van der Waals surface area contributed by atoms with Gasteiger partial charge in [0.1, 0.15) is 6.33 Å². The van der Waals surface area contributed by atoms with E-state index in [0.29, 0.717) is 18.9 Å². The Morgan fingerprint density at radius 1 is 1.50 bits per heavy atom. The van der Waals surface area contributed by atoms with Gasteiger partial charge in [0.15, 0.2) is 0 Å². The first kappa shape index (κ1) is 14.3. The molecule has 1 aliphatic rings. The van der Waals surface area contributed by atoms with E-state index in [0.717, 1.165) is 0 Å². The summed E-state index contributed by atoms with van der Waals surface area (Å²) in [6, 6.07) is -0.343. The van der Waals surface area contributed by atoms with Crippen molar-refractivity contribution >= 4 is 17.9 Å². The minimum atomic E-state index is -0.864. The Morgan fingerprint density at radius 3 is 2.65 bits per heavy atom. The van der Waals surface area contributed by atoms with E-state index in [4.69, 9.17) is 0 Å². The van der Waals surface area contributed by atoms with E-state index in [1.165, 1.54) is 15.9 Å². The molecule has 20 heavy (non-hydrogen) atoms. The molecule has 0 bridgehead atoms. The SMILES string of the molecule is CC(C)C1(C(=O)O)CCN(C(=O)Nc2ncnn2C)C1. The topological polar surface area (TPSA) is 100 Å². The number of carbonyl (C=O) groups excluding carboxylic acids is 1. The van der Waals surface area contributed by atoms with Crippen LogP contribution in [0.3, 0.4) is 0 Å². The summed E-state index contributed by atoms with van der Waals surface area (Å²) in [5, 5.41) is 15.9. The molecule has 0 saturated carbocycles. The quantitative estimate of drug-likeness (QED) is 0.852. The summed E-state index contributed by atoms with van der Waals surface area (Å²) in [5.41, 5.74) is -0.864. The second kappa shape index (κ2) is 5.10. The molecule has 1 saturated heterocycles. The molecule has 110 valence electrons. The molecule has 1 aliphatic heterocycles. The Kier molecular flexibility index (Phi) is 3.65. The van der Waals surface area contributed by atoms with Crippen LogP contribution in [-0.4, -0.2) is 49.9 Å². The number of aliphatic carboxylic acids is 1. The van der Waals surface area contributed by atoms with E-state index >= 15 is 0 Å². The Hall–Kier alpha value is -2.12. The number of likely N-dealkylation sites (tertiary alicyclic amines) is 1. The van der Waals surface area contributed by atoms with Crippen LogP contribution in [0, 0.1) is 11.3 Å². The van der Waals surface area contributed by atoms with Crippen molar-refractivity contribution in [2.45, 2.75) is 20.3 Å². The van der Waals surface area contributed by atoms with Gasteiger partial charge in [-0.2, -0.15) is 10.1 Å². The molecule has 2 N–H and O–H groups in total. The Labute approximate surface area is 116 Å². The molecule has 8 nitrogen and oxygen atoms in total.